The molecule has 0 radical (unpaired) electrons. The second-order valence-electron chi connectivity index (χ2n) is 4.29. The molecule has 0 spiro atoms. The van der Waals surface area contributed by atoms with Gasteiger partial charge in [-0.1, -0.05) is 0 Å². The summed E-state index contributed by atoms with van der Waals surface area (Å²) in [5, 5.41) is 10.6. The van der Waals surface area contributed by atoms with E-state index in [1.807, 2.05) is 0 Å². The minimum absolute atomic E-state index is 0.0190. The van der Waals surface area contributed by atoms with Crippen molar-refractivity contribution in [2.75, 3.05) is 7.05 Å². The van der Waals surface area contributed by atoms with Gasteiger partial charge >= 0.3 is 0 Å². The second-order valence-corrected chi connectivity index (χ2v) is 7.02. The molecule has 1 N–H and O–H groups in total. The summed E-state index contributed by atoms with van der Waals surface area (Å²) in [7, 11) is -2.98. The van der Waals surface area contributed by atoms with E-state index in [0.29, 0.717) is 5.69 Å². The van der Waals surface area contributed by atoms with Gasteiger partial charge in [0.2, 0.25) is 10.0 Å². The zero-order valence-corrected chi connectivity index (χ0v) is 12.6. The van der Waals surface area contributed by atoms with Crippen molar-refractivity contribution in [3.8, 4) is 0 Å². The van der Waals surface area contributed by atoms with Crippen molar-refractivity contribution in [3.05, 3.63) is 45.9 Å². The Labute approximate surface area is 124 Å². The first-order chi connectivity index (χ1) is 9.86. The number of hydrogen-bond acceptors (Lipinski definition) is 5. The molecule has 21 heavy (non-hydrogen) atoms. The highest BCUT2D eigenvalue weighted by Gasteiger charge is 2.27. The average molecular weight is 334 g/mol. The number of sulfonamides is 1. The van der Waals surface area contributed by atoms with Crippen LogP contribution in [0.3, 0.4) is 0 Å². The zero-order chi connectivity index (χ0) is 15.6. The molecule has 1 aromatic heterocycles. The van der Waals surface area contributed by atoms with Crippen LogP contribution in [0, 0.1) is 11.6 Å². The van der Waals surface area contributed by atoms with Crippen molar-refractivity contribution in [1.29, 1.82) is 0 Å². The molecule has 9 heteroatoms. The van der Waals surface area contributed by atoms with Crippen LogP contribution in [0.1, 0.15) is 11.3 Å². The van der Waals surface area contributed by atoms with Crippen LogP contribution in [0.25, 0.3) is 0 Å². The quantitative estimate of drug-likeness (QED) is 0.904. The lowest BCUT2D eigenvalue weighted by Crippen LogP contribution is -2.27. The predicted molar refractivity (Wildman–Crippen MR) is 73.0 cm³/mol. The third kappa shape index (κ3) is 3.26. The monoisotopic (exact) mass is 334 g/mol. The van der Waals surface area contributed by atoms with Crippen LogP contribution in [0.15, 0.2) is 27.9 Å². The molecule has 0 saturated heterocycles. The highest BCUT2D eigenvalue weighted by molar-refractivity contribution is 7.89. The number of aliphatic hydroxyl groups is 1. The Morgan fingerprint density at radius 2 is 2.10 bits per heavy atom. The Morgan fingerprint density at radius 3 is 2.67 bits per heavy atom. The maximum Gasteiger partial charge on any atom is 0.246 e. The van der Waals surface area contributed by atoms with Crippen LogP contribution >= 0.6 is 11.3 Å². The van der Waals surface area contributed by atoms with Gasteiger partial charge in [0.05, 0.1) is 24.4 Å². The number of aromatic nitrogens is 1. The molecule has 0 saturated carbocycles. The van der Waals surface area contributed by atoms with E-state index in [9.17, 15) is 17.2 Å². The van der Waals surface area contributed by atoms with Gasteiger partial charge in [-0.2, -0.15) is 4.31 Å². The molecule has 0 aliphatic heterocycles. The largest absolute Gasteiger partial charge is 0.392 e. The SMILES string of the molecule is CN(Cc1cscn1)S(=O)(=O)c1cc(CO)cc(F)c1F. The van der Waals surface area contributed by atoms with Gasteiger partial charge in [-0.25, -0.2) is 22.2 Å². The Balaban J connectivity index is 2.41. The van der Waals surface area contributed by atoms with Crippen molar-refractivity contribution >= 4 is 21.4 Å². The van der Waals surface area contributed by atoms with E-state index in [4.69, 9.17) is 5.11 Å². The van der Waals surface area contributed by atoms with Crippen LogP contribution < -0.4 is 0 Å². The molecule has 0 aliphatic rings. The first kappa shape index (κ1) is 16.0. The normalized spacial score (nSPS) is 12.0. The van der Waals surface area contributed by atoms with E-state index in [0.717, 1.165) is 16.4 Å². The molecule has 1 aromatic carbocycles. The number of hydrogen-bond donors (Lipinski definition) is 1. The Kier molecular flexibility index (Phi) is 4.67. The predicted octanol–water partition coefficient (Wildman–Crippen LogP) is 1.73. The third-order valence-electron chi connectivity index (χ3n) is 2.79. The highest BCUT2D eigenvalue weighted by Crippen LogP contribution is 2.23. The fraction of sp³-hybridized carbons (Fsp3) is 0.250. The van der Waals surface area contributed by atoms with Crippen molar-refractivity contribution in [2.45, 2.75) is 18.0 Å². The molecule has 5 nitrogen and oxygen atoms in total. The van der Waals surface area contributed by atoms with E-state index < -0.39 is 33.2 Å². The van der Waals surface area contributed by atoms with Gasteiger partial charge in [-0.05, 0) is 17.7 Å². The summed E-state index contributed by atoms with van der Waals surface area (Å²) in [4.78, 5) is 3.14. The van der Waals surface area contributed by atoms with Gasteiger partial charge < -0.3 is 5.11 Å². The molecular weight excluding hydrogens is 322 g/mol. The fourth-order valence-corrected chi connectivity index (χ4v) is 3.50. The second kappa shape index (κ2) is 6.14. The number of halogens is 2. The first-order valence-corrected chi connectivity index (χ1v) is 8.16. The van der Waals surface area contributed by atoms with Crippen molar-refractivity contribution < 1.29 is 22.3 Å². The molecule has 114 valence electrons. The number of rotatable bonds is 5. The molecule has 2 aromatic rings. The van der Waals surface area contributed by atoms with Crippen molar-refractivity contribution in [3.63, 3.8) is 0 Å². The van der Waals surface area contributed by atoms with E-state index in [1.54, 1.807) is 10.9 Å². The van der Waals surface area contributed by atoms with E-state index in [1.165, 1.54) is 18.4 Å². The van der Waals surface area contributed by atoms with Gasteiger partial charge in [-0.15, -0.1) is 11.3 Å². The van der Waals surface area contributed by atoms with E-state index in [-0.39, 0.29) is 12.1 Å². The molecule has 0 fully saturated rings. The molecule has 0 amide bonds. The molecule has 0 bridgehead atoms. The average Bonchev–Trinajstić information content (AvgIpc) is 2.94. The lowest BCUT2D eigenvalue weighted by molar-refractivity contribution is 0.280. The summed E-state index contributed by atoms with van der Waals surface area (Å²) < 4.78 is 52.7. The van der Waals surface area contributed by atoms with Gasteiger partial charge in [-0.3, -0.25) is 0 Å². The lowest BCUT2D eigenvalue weighted by atomic mass is 10.2. The van der Waals surface area contributed by atoms with Crippen LogP contribution in [0.5, 0.6) is 0 Å². The van der Waals surface area contributed by atoms with Crippen LogP contribution in [0.4, 0.5) is 8.78 Å². The number of nitrogens with zero attached hydrogens (tertiary/aromatic N) is 2. The van der Waals surface area contributed by atoms with Crippen molar-refractivity contribution in [2.24, 2.45) is 0 Å². The smallest absolute Gasteiger partial charge is 0.246 e. The van der Waals surface area contributed by atoms with Crippen molar-refractivity contribution in [1.82, 2.24) is 9.29 Å². The minimum atomic E-state index is -4.23. The summed E-state index contributed by atoms with van der Waals surface area (Å²) in [5.41, 5.74) is 2.03. The number of benzene rings is 1. The van der Waals surface area contributed by atoms with Gasteiger partial charge in [0.15, 0.2) is 11.6 Å². The molecule has 1 heterocycles. The summed E-state index contributed by atoms with van der Waals surface area (Å²) in [6.45, 7) is -0.647. The number of aliphatic hydroxyl groups excluding tert-OH is 1. The summed E-state index contributed by atoms with van der Waals surface area (Å²) >= 11 is 1.30. The Bertz CT molecular complexity index is 733. The Morgan fingerprint density at radius 1 is 1.38 bits per heavy atom. The standard InChI is InChI=1S/C12H12F2N2O3S2/c1-16(4-9-6-20-7-15-9)21(18,19)11-3-8(5-17)2-10(13)12(11)14/h2-3,6-7,17H,4-5H2,1H3. The topological polar surface area (TPSA) is 70.5 Å². The first-order valence-electron chi connectivity index (χ1n) is 5.78. The molecule has 0 unspecified atom stereocenters. The molecular formula is C12H12F2N2O3S2. The lowest BCUT2D eigenvalue weighted by Gasteiger charge is -2.17. The maximum absolute atomic E-state index is 13.8. The maximum atomic E-state index is 13.8. The van der Waals surface area contributed by atoms with Gasteiger partial charge in [0.1, 0.15) is 4.90 Å². The van der Waals surface area contributed by atoms with Gasteiger partial charge in [0, 0.05) is 12.4 Å². The molecule has 0 atom stereocenters. The molecule has 2 rings (SSSR count). The zero-order valence-electron chi connectivity index (χ0n) is 11.0. The van der Waals surface area contributed by atoms with Gasteiger partial charge in [0.25, 0.3) is 0 Å². The Hall–Kier alpha value is -1.42. The van der Waals surface area contributed by atoms with Crippen LogP contribution in [-0.4, -0.2) is 29.9 Å². The van der Waals surface area contributed by atoms with Crippen LogP contribution in [0.2, 0.25) is 0 Å². The number of thiazole rings is 1. The fourth-order valence-electron chi connectivity index (χ4n) is 1.69. The summed E-state index contributed by atoms with van der Waals surface area (Å²) in [5.74, 6) is -2.78. The summed E-state index contributed by atoms with van der Waals surface area (Å²) in [6.07, 6.45) is 0. The summed E-state index contributed by atoms with van der Waals surface area (Å²) in [6, 6.07) is 1.68. The van der Waals surface area contributed by atoms with Crippen LogP contribution in [-0.2, 0) is 23.2 Å². The third-order valence-corrected chi connectivity index (χ3v) is 5.23. The van der Waals surface area contributed by atoms with E-state index in [2.05, 4.69) is 4.98 Å². The van der Waals surface area contributed by atoms with E-state index >= 15 is 0 Å². The minimum Gasteiger partial charge on any atom is -0.392 e. The highest BCUT2D eigenvalue weighted by atomic mass is 32.2. The molecule has 0 aliphatic carbocycles.